The topological polar surface area (TPSA) is 96.7 Å². The second kappa shape index (κ2) is 10.8. The van der Waals surface area contributed by atoms with Gasteiger partial charge in [0.25, 0.3) is 10.1 Å². The van der Waals surface area contributed by atoms with Crippen LogP contribution in [0.25, 0.3) is 6.08 Å². The number of hydrogen-bond acceptors (Lipinski definition) is 5. The van der Waals surface area contributed by atoms with Crippen LogP contribution in [-0.2, 0) is 10.1 Å². The quantitative estimate of drug-likeness (QED) is 0.723. The summed E-state index contributed by atoms with van der Waals surface area (Å²) in [7, 11) is -4.02. The lowest BCUT2D eigenvalue weighted by atomic mass is 10.2. The van der Waals surface area contributed by atoms with E-state index in [-0.39, 0.29) is 17.1 Å². The first-order chi connectivity index (χ1) is 12.6. The fraction of sp³-hybridized carbons (Fsp3) is 0.350. The Morgan fingerprint density at radius 1 is 1.15 bits per heavy atom. The van der Waals surface area contributed by atoms with Gasteiger partial charge in [0.2, 0.25) is 0 Å². The predicted molar refractivity (Wildman–Crippen MR) is 106 cm³/mol. The van der Waals surface area contributed by atoms with E-state index in [1.54, 1.807) is 31.5 Å². The maximum absolute atomic E-state index is 10.5. The van der Waals surface area contributed by atoms with Crippen LogP contribution in [0.2, 0.25) is 0 Å². The molecular weight excluding hydrogens is 366 g/mol. The van der Waals surface area contributed by atoms with Gasteiger partial charge in [-0.05, 0) is 57.9 Å². The smallest absolute Gasteiger partial charge is 0.294 e. The van der Waals surface area contributed by atoms with Crippen molar-refractivity contribution in [1.29, 1.82) is 0 Å². The molecule has 0 saturated carbocycles. The first-order valence-electron chi connectivity index (χ1n) is 8.58. The van der Waals surface area contributed by atoms with Crippen LogP contribution in [0.4, 0.5) is 0 Å². The second-order valence-electron chi connectivity index (χ2n) is 6.40. The lowest BCUT2D eigenvalue weighted by Gasteiger charge is -2.09. The molecule has 0 aliphatic rings. The summed E-state index contributed by atoms with van der Waals surface area (Å²) >= 11 is 0. The summed E-state index contributed by atoms with van der Waals surface area (Å²) < 4.78 is 35.1. The Kier molecular flexibility index (Phi) is 9.14. The first-order valence-corrected chi connectivity index (χ1v) is 10.0. The first kappa shape index (κ1) is 22.8. The molecule has 0 bridgehead atoms. The Morgan fingerprint density at radius 2 is 1.78 bits per heavy atom. The second-order valence-corrected chi connectivity index (χ2v) is 7.82. The Balaban J connectivity index is 0.000000289. The summed E-state index contributed by atoms with van der Waals surface area (Å²) in [5.41, 5.74) is 1.94. The van der Waals surface area contributed by atoms with Crippen molar-refractivity contribution in [2.24, 2.45) is 0 Å². The van der Waals surface area contributed by atoms with Crippen molar-refractivity contribution in [3.8, 4) is 5.75 Å². The maximum Gasteiger partial charge on any atom is 0.294 e. The minimum Gasteiger partial charge on any atom is -0.489 e. The van der Waals surface area contributed by atoms with Gasteiger partial charge in [0, 0.05) is 6.20 Å². The van der Waals surface area contributed by atoms with Crippen molar-refractivity contribution in [2.45, 2.75) is 51.2 Å². The van der Waals surface area contributed by atoms with E-state index in [2.05, 4.69) is 4.98 Å². The van der Waals surface area contributed by atoms with Gasteiger partial charge in [0.1, 0.15) is 5.75 Å². The molecule has 1 aromatic carbocycles. The average Bonchev–Trinajstić information content (AvgIpc) is 2.54. The maximum atomic E-state index is 10.5. The number of aliphatic hydroxyl groups excluding tert-OH is 1. The van der Waals surface area contributed by atoms with Crippen molar-refractivity contribution in [1.82, 2.24) is 4.98 Å². The monoisotopic (exact) mass is 393 g/mol. The van der Waals surface area contributed by atoms with E-state index < -0.39 is 10.1 Å². The Labute approximate surface area is 161 Å². The van der Waals surface area contributed by atoms with Crippen LogP contribution in [0.3, 0.4) is 0 Å². The van der Waals surface area contributed by atoms with E-state index in [1.165, 1.54) is 12.1 Å². The zero-order valence-electron chi connectivity index (χ0n) is 16.0. The minimum absolute atomic E-state index is 0.0666. The number of hydrogen-bond donors (Lipinski definition) is 2. The van der Waals surface area contributed by atoms with E-state index in [4.69, 9.17) is 14.4 Å². The van der Waals surface area contributed by atoms with Gasteiger partial charge in [0.15, 0.2) is 0 Å². The van der Waals surface area contributed by atoms with Crippen LogP contribution < -0.4 is 4.74 Å². The van der Waals surface area contributed by atoms with Gasteiger partial charge >= 0.3 is 0 Å². The molecule has 2 rings (SSSR count). The summed E-state index contributed by atoms with van der Waals surface area (Å²) in [6, 6.07) is 7.92. The molecule has 2 aromatic rings. The van der Waals surface area contributed by atoms with Gasteiger partial charge in [0.05, 0.1) is 23.3 Å². The molecule has 0 aliphatic heterocycles. The molecule has 0 unspecified atom stereocenters. The molecule has 7 heteroatoms. The molecule has 1 atom stereocenters. The Morgan fingerprint density at radius 3 is 2.30 bits per heavy atom. The summed E-state index contributed by atoms with van der Waals surface area (Å²) in [4.78, 5) is 4.03. The van der Waals surface area contributed by atoms with Gasteiger partial charge < -0.3 is 9.84 Å². The molecule has 0 aliphatic carbocycles. The number of aliphatic hydroxyl groups is 1. The lowest BCUT2D eigenvalue weighted by Crippen LogP contribution is -2.05. The molecule has 0 amide bonds. The molecule has 148 valence electrons. The van der Waals surface area contributed by atoms with E-state index in [1.807, 2.05) is 39.0 Å². The zero-order valence-corrected chi connectivity index (χ0v) is 16.8. The number of aromatic nitrogens is 1. The van der Waals surface area contributed by atoms with Gasteiger partial charge in [-0.25, -0.2) is 0 Å². The standard InChI is InChI=1S/C13H19NO2.C7H8O3S/c1-10(2)16-13-7-12(8-14-9-13)6-4-5-11(3)15;1-6-2-4-7(5-3-6)11(8,9)10/h4,6-11,15H,5H2,1-3H3;2-5H,1H3,(H,8,9,10)/b6-4+;/t11-;/m0./s1. The fourth-order valence-corrected chi connectivity index (χ4v) is 2.45. The van der Waals surface area contributed by atoms with Crippen LogP contribution in [-0.4, -0.2) is 35.3 Å². The highest BCUT2D eigenvalue weighted by Crippen LogP contribution is 2.14. The third-order valence-electron chi connectivity index (χ3n) is 3.21. The number of ether oxygens (including phenoxy) is 1. The van der Waals surface area contributed by atoms with Gasteiger partial charge in [-0.15, -0.1) is 0 Å². The van der Waals surface area contributed by atoms with Crippen LogP contribution in [0.1, 0.15) is 38.3 Å². The largest absolute Gasteiger partial charge is 0.489 e. The normalized spacial score (nSPS) is 12.6. The van der Waals surface area contributed by atoms with Crippen molar-refractivity contribution in [3.05, 3.63) is 59.9 Å². The number of rotatable bonds is 6. The molecular formula is C20H27NO5S. The third-order valence-corrected chi connectivity index (χ3v) is 4.08. The minimum atomic E-state index is -4.02. The molecule has 1 heterocycles. The van der Waals surface area contributed by atoms with Crippen molar-refractivity contribution in [3.63, 3.8) is 0 Å². The fourth-order valence-electron chi connectivity index (χ4n) is 1.97. The molecule has 2 N–H and O–H groups in total. The molecule has 6 nitrogen and oxygen atoms in total. The van der Waals surface area contributed by atoms with Gasteiger partial charge in [-0.2, -0.15) is 8.42 Å². The molecule has 1 aromatic heterocycles. The van der Waals surface area contributed by atoms with E-state index in [0.717, 1.165) is 16.9 Å². The average molecular weight is 394 g/mol. The molecule has 27 heavy (non-hydrogen) atoms. The van der Waals surface area contributed by atoms with Crippen LogP contribution in [0, 0.1) is 6.92 Å². The Hall–Kier alpha value is -2.22. The zero-order chi connectivity index (χ0) is 20.4. The summed E-state index contributed by atoms with van der Waals surface area (Å²) in [5, 5.41) is 9.11. The molecule has 0 radical (unpaired) electrons. The summed E-state index contributed by atoms with van der Waals surface area (Å²) in [5.74, 6) is 0.772. The molecule has 0 fully saturated rings. The van der Waals surface area contributed by atoms with Gasteiger partial charge in [-0.3, -0.25) is 9.54 Å². The Bertz CT molecular complexity index is 828. The van der Waals surface area contributed by atoms with Crippen molar-refractivity contribution < 1.29 is 22.8 Å². The van der Waals surface area contributed by atoms with Gasteiger partial charge in [-0.1, -0.05) is 29.8 Å². The SMILES string of the molecule is CC(C)Oc1cncc(/C=C/C[C@H](C)O)c1.Cc1ccc(S(=O)(=O)O)cc1. The highest BCUT2D eigenvalue weighted by Gasteiger charge is 2.06. The lowest BCUT2D eigenvalue weighted by molar-refractivity contribution is 0.199. The van der Waals surface area contributed by atoms with Crippen LogP contribution in [0.15, 0.2) is 53.7 Å². The number of benzene rings is 1. The highest BCUT2D eigenvalue weighted by atomic mass is 32.2. The third kappa shape index (κ3) is 9.89. The molecule has 0 saturated heterocycles. The van der Waals surface area contributed by atoms with Crippen LogP contribution in [0.5, 0.6) is 5.75 Å². The van der Waals surface area contributed by atoms with Crippen molar-refractivity contribution in [2.75, 3.05) is 0 Å². The predicted octanol–water partition coefficient (Wildman–Crippen LogP) is 3.89. The summed E-state index contributed by atoms with van der Waals surface area (Å²) in [6.07, 6.45) is 7.83. The van der Waals surface area contributed by atoms with Crippen molar-refractivity contribution >= 4 is 16.2 Å². The van der Waals surface area contributed by atoms with E-state index >= 15 is 0 Å². The number of nitrogens with zero attached hydrogens (tertiary/aromatic N) is 1. The molecule has 0 spiro atoms. The highest BCUT2D eigenvalue weighted by molar-refractivity contribution is 7.85. The van der Waals surface area contributed by atoms with Crippen LogP contribution >= 0.6 is 0 Å². The number of pyridine rings is 1. The number of aryl methyl sites for hydroxylation is 1. The van der Waals surface area contributed by atoms with E-state index in [0.29, 0.717) is 6.42 Å². The summed E-state index contributed by atoms with van der Waals surface area (Å²) in [6.45, 7) is 7.57. The van der Waals surface area contributed by atoms with E-state index in [9.17, 15) is 8.42 Å².